The molecule has 5 heteroatoms. The molecule has 0 N–H and O–H groups in total. The summed E-state index contributed by atoms with van der Waals surface area (Å²) in [5.74, 6) is -2.05. The van der Waals surface area contributed by atoms with Crippen molar-refractivity contribution in [1.82, 2.24) is 0 Å². The summed E-state index contributed by atoms with van der Waals surface area (Å²) >= 11 is 0. The van der Waals surface area contributed by atoms with Crippen molar-refractivity contribution < 1.29 is 49.0 Å². The second-order valence-electron chi connectivity index (χ2n) is 2.17. The molecule has 0 bridgehead atoms. The van der Waals surface area contributed by atoms with E-state index in [1.54, 1.807) is 0 Å². The summed E-state index contributed by atoms with van der Waals surface area (Å²) in [5.41, 5.74) is 0. The number of rotatable bonds is 5. The molecule has 0 heterocycles. The van der Waals surface area contributed by atoms with Gasteiger partial charge in [0.05, 0.1) is 12.6 Å². The van der Waals surface area contributed by atoms with Crippen LogP contribution in [0.15, 0.2) is 12.2 Å². The third-order valence-corrected chi connectivity index (χ3v) is 1.10. The summed E-state index contributed by atoms with van der Waals surface area (Å²) in [4.78, 5) is 20.5. The van der Waals surface area contributed by atoms with Gasteiger partial charge >= 0.3 is 35.5 Å². The Balaban J connectivity index is 0. The van der Waals surface area contributed by atoms with Gasteiger partial charge < -0.3 is 14.6 Å². The normalized spacial score (nSPS) is 9.31. The molecule has 0 aliphatic rings. The number of carboxylic acids is 1. The summed E-state index contributed by atoms with van der Waals surface area (Å²) in [6.07, 6.45) is 3.20. The van der Waals surface area contributed by atoms with Crippen LogP contribution in [-0.2, 0) is 14.3 Å². The van der Waals surface area contributed by atoms with Gasteiger partial charge in [0.1, 0.15) is 0 Å². The Morgan fingerprint density at radius 1 is 1.38 bits per heavy atom. The summed E-state index contributed by atoms with van der Waals surface area (Å²) in [7, 11) is 0. The first-order valence-electron chi connectivity index (χ1n) is 3.72. The summed E-state index contributed by atoms with van der Waals surface area (Å²) < 4.78 is 4.62. The van der Waals surface area contributed by atoms with Gasteiger partial charge in [-0.05, 0) is 12.5 Å². The van der Waals surface area contributed by atoms with Crippen molar-refractivity contribution in [3.05, 3.63) is 12.2 Å². The number of aliphatic carboxylic acids is 1. The van der Waals surface area contributed by atoms with E-state index < -0.39 is 11.9 Å². The molecule has 0 fully saturated rings. The van der Waals surface area contributed by atoms with Gasteiger partial charge in [-0.3, -0.25) is 0 Å². The second-order valence-corrected chi connectivity index (χ2v) is 2.17. The van der Waals surface area contributed by atoms with Crippen molar-refractivity contribution in [2.45, 2.75) is 19.8 Å². The number of carboxylic acid groups (broad SMARTS) is 1. The number of hydrogen-bond donors (Lipinski definition) is 0. The Labute approximate surface area is 99.2 Å². The zero-order valence-corrected chi connectivity index (χ0v) is 9.91. The van der Waals surface area contributed by atoms with E-state index in [1.807, 2.05) is 6.92 Å². The van der Waals surface area contributed by atoms with Crippen LogP contribution in [0.3, 0.4) is 0 Å². The summed E-state index contributed by atoms with van der Waals surface area (Å²) in [5, 5.41) is 9.83. The van der Waals surface area contributed by atoms with Crippen LogP contribution in [0.4, 0.5) is 0 Å². The monoisotopic (exact) mass is 194 g/mol. The first-order chi connectivity index (χ1) is 5.66. The van der Waals surface area contributed by atoms with Gasteiger partial charge in [0.25, 0.3) is 0 Å². The van der Waals surface area contributed by atoms with Gasteiger partial charge in [-0.15, -0.1) is 0 Å². The van der Waals surface area contributed by atoms with Crippen LogP contribution in [0.25, 0.3) is 0 Å². The predicted molar refractivity (Wildman–Crippen MR) is 40.0 cm³/mol. The molecular formula is C8H11NaO4. The first-order valence-corrected chi connectivity index (χ1v) is 3.72. The fourth-order valence-electron chi connectivity index (χ4n) is 0.501. The molecule has 0 saturated heterocycles. The van der Waals surface area contributed by atoms with Gasteiger partial charge in [-0.2, -0.15) is 0 Å². The Kier molecular flexibility index (Phi) is 11.4. The van der Waals surface area contributed by atoms with Crippen molar-refractivity contribution in [2.75, 3.05) is 6.61 Å². The molecule has 0 aliphatic heterocycles. The molecule has 13 heavy (non-hydrogen) atoms. The van der Waals surface area contributed by atoms with Crippen molar-refractivity contribution in [3.8, 4) is 0 Å². The maximum atomic E-state index is 10.6. The summed E-state index contributed by atoms with van der Waals surface area (Å²) in [6.45, 7) is 2.29. The summed E-state index contributed by atoms with van der Waals surface area (Å²) in [6, 6.07) is 0. The molecule has 0 radical (unpaired) electrons. The Bertz CT molecular complexity index is 189. The molecule has 4 nitrogen and oxygen atoms in total. The topological polar surface area (TPSA) is 66.4 Å². The maximum absolute atomic E-state index is 10.6. The van der Waals surface area contributed by atoms with E-state index in [1.165, 1.54) is 0 Å². The Morgan fingerprint density at radius 3 is 2.46 bits per heavy atom. The number of unbranched alkanes of at least 4 members (excludes halogenated alkanes) is 1. The molecule has 0 spiro atoms. The largest absolute Gasteiger partial charge is 1.00 e. The second kappa shape index (κ2) is 9.77. The quantitative estimate of drug-likeness (QED) is 0.198. The van der Waals surface area contributed by atoms with Crippen LogP contribution < -0.4 is 34.7 Å². The average molecular weight is 194 g/mol. The third-order valence-electron chi connectivity index (χ3n) is 1.10. The van der Waals surface area contributed by atoms with Crippen molar-refractivity contribution >= 4 is 11.9 Å². The molecular weight excluding hydrogens is 183 g/mol. The SMILES string of the molecule is CCCCOC(=O)/C=C/C(=O)[O-].[Na+]. The molecule has 0 aromatic carbocycles. The van der Waals surface area contributed by atoms with Gasteiger partial charge in [0.2, 0.25) is 0 Å². The maximum Gasteiger partial charge on any atom is 1.00 e. The smallest absolute Gasteiger partial charge is 0.545 e. The molecule has 0 rings (SSSR count). The van der Waals surface area contributed by atoms with E-state index >= 15 is 0 Å². The predicted octanol–water partition coefficient (Wildman–Crippen LogP) is -3.36. The molecule has 0 saturated carbocycles. The van der Waals surface area contributed by atoms with Crippen LogP contribution in [-0.4, -0.2) is 18.5 Å². The van der Waals surface area contributed by atoms with Gasteiger partial charge in [0.15, 0.2) is 0 Å². The van der Waals surface area contributed by atoms with Crippen molar-refractivity contribution in [1.29, 1.82) is 0 Å². The number of ether oxygens (including phenoxy) is 1. The zero-order valence-electron chi connectivity index (χ0n) is 7.91. The van der Waals surface area contributed by atoms with Crippen LogP contribution in [0.1, 0.15) is 19.8 Å². The number of carbonyl (C=O) groups excluding carboxylic acids is 2. The van der Waals surface area contributed by atoms with E-state index in [0.29, 0.717) is 12.7 Å². The average Bonchev–Trinajstić information content (AvgIpc) is 2.01. The minimum Gasteiger partial charge on any atom is -0.545 e. The Morgan fingerprint density at radius 2 is 2.00 bits per heavy atom. The molecule has 68 valence electrons. The fraction of sp³-hybridized carbons (Fsp3) is 0.500. The van der Waals surface area contributed by atoms with Gasteiger partial charge in [0, 0.05) is 6.08 Å². The van der Waals surface area contributed by atoms with Gasteiger partial charge in [-0.25, -0.2) is 4.79 Å². The van der Waals surface area contributed by atoms with E-state index in [4.69, 9.17) is 0 Å². The number of hydrogen-bond acceptors (Lipinski definition) is 4. The minimum atomic E-state index is -1.40. The fourth-order valence-corrected chi connectivity index (χ4v) is 0.501. The molecule has 0 aromatic rings. The van der Waals surface area contributed by atoms with E-state index in [0.717, 1.165) is 18.9 Å². The van der Waals surface area contributed by atoms with Gasteiger partial charge in [-0.1, -0.05) is 13.3 Å². The number of esters is 1. The molecule has 0 aliphatic carbocycles. The Hall–Kier alpha value is -0.320. The van der Waals surface area contributed by atoms with Crippen LogP contribution >= 0.6 is 0 Å². The molecule has 0 unspecified atom stereocenters. The van der Waals surface area contributed by atoms with Crippen LogP contribution in [0.2, 0.25) is 0 Å². The van der Waals surface area contributed by atoms with E-state index in [-0.39, 0.29) is 29.6 Å². The van der Waals surface area contributed by atoms with Crippen molar-refractivity contribution in [2.24, 2.45) is 0 Å². The molecule has 0 amide bonds. The molecule has 0 atom stereocenters. The van der Waals surface area contributed by atoms with Crippen molar-refractivity contribution in [3.63, 3.8) is 0 Å². The first kappa shape index (κ1) is 15.2. The van der Waals surface area contributed by atoms with Crippen LogP contribution in [0, 0.1) is 0 Å². The van der Waals surface area contributed by atoms with E-state index in [2.05, 4.69) is 4.74 Å². The van der Waals surface area contributed by atoms with E-state index in [9.17, 15) is 14.7 Å². The third kappa shape index (κ3) is 11.7. The number of carbonyl (C=O) groups is 2. The van der Waals surface area contributed by atoms with Crippen LogP contribution in [0.5, 0.6) is 0 Å². The minimum absolute atomic E-state index is 0. The zero-order chi connectivity index (χ0) is 9.40. The standard InChI is InChI=1S/C8H12O4.Na/c1-2-3-6-12-8(11)5-4-7(9)10;/h4-5H,2-3,6H2,1H3,(H,9,10);/q;+1/p-1/b5-4+;. The molecule has 0 aromatic heterocycles.